The molecule has 0 radical (unpaired) electrons. The average molecular weight is 350 g/mol. The Morgan fingerprint density at radius 2 is 1.75 bits per heavy atom. The fourth-order valence-electron chi connectivity index (χ4n) is 3.24. The van der Waals surface area contributed by atoms with Crippen LogP contribution in [-0.2, 0) is 4.79 Å². The molecule has 1 N–H and O–H groups in total. The molecule has 0 saturated carbocycles. The highest BCUT2D eigenvalue weighted by atomic mass is 32.2. The van der Waals surface area contributed by atoms with E-state index in [0.29, 0.717) is 37.6 Å². The number of nitrogens with one attached hydrogen (secondary N) is 1. The van der Waals surface area contributed by atoms with Gasteiger partial charge in [-0.15, -0.1) is 0 Å². The van der Waals surface area contributed by atoms with Gasteiger partial charge in [0.25, 0.3) is 5.91 Å². The van der Waals surface area contributed by atoms with Crippen LogP contribution in [0.2, 0.25) is 0 Å². The zero-order valence-electron chi connectivity index (χ0n) is 14.1. The predicted molar refractivity (Wildman–Crippen MR) is 96.3 cm³/mol. The molecule has 1 aromatic rings. The summed E-state index contributed by atoms with van der Waals surface area (Å²) < 4.78 is 0. The van der Waals surface area contributed by atoms with Crippen LogP contribution >= 0.6 is 11.8 Å². The SMILES string of the molecule is O=C(CSCCN1CCCC1)N1CCN(C(=O)c2ccc[nH]2)CC1. The molecule has 2 fully saturated rings. The van der Waals surface area contributed by atoms with E-state index in [1.54, 1.807) is 24.0 Å². The number of hydrogen-bond donors (Lipinski definition) is 1. The second-order valence-electron chi connectivity index (χ2n) is 6.36. The Morgan fingerprint density at radius 1 is 1.04 bits per heavy atom. The highest BCUT2D eigenvalue weighted by molar-refractivity contribution is 7.99. The first kappa shape index (κ1) is 17.4. The number of hydrogen-bond acceptors (Lipinski definition) is 4. The van der Waals surface area contributed by atoms with Crippen LogP contribution in [0.15, 0.2) is 18.3 Å². The van der Waals surface area contributed by atoms with Crippen molar-refractivity contribution >= 4 is 23.6 Å². The lowest BCUT2D eigenvalue weighted by atomic mass is 10.3. The molecule has 0 atom stereocenters. The van der Waals surface area contributed by atoms with E-state index in [9.17, 15) is 9.59 Å². The van der Waals surface area contributed by atoms with Gasteiger partial charge in [-0.3, -0.25) is 9.59 Å². The number of H-pyrrole nitrogens is 1. The monoisotopic (exact) mass is 350 g/mol. The van der Waals surface area contributed by atoms with Crippen molar-refractivity contribution in [3.63, 3.8) is 0 Å². The summed E-state index contributed by atoms with van der Waals surface area (Å²) in [5.41, 5.74) is 0.618. The van der Waals surface area contributed by atoms with Crippen LogP contribution in [-0.4, -0.2) is 88.8 Å². The van der Waals surface area contributed by atoms with Crippen molar-refractivity contribution in [3.05, 3.63) is 24.0 Å². The average Bonchev–Trinajstić information content (AvgIpc) is 3.31. The van der Waals surface area contributed by atoms with Crippen molar-refractivity contribution in [2.24, 2.45) is 0 Å². The van der Waals surface area contributed by atoms with Crippen molar-refractivity contribution < 1.29 is 9.59 Å². The Hall–Kier alpha value is -1.47. The molecule has 0 bridgehead atoms. The topological polar surface area (TPSA) is 59.7 Å². The molecule has 24 heavy (non-hydrogen) atoms. The number of aromatic nitrogens is 1. The summed E-state index contributed by atoms with van der Waals surface area (Å²) in [6.45, 7) is 6.02. The molecule has 2 amide bonds. The number of piperazine rings is 1. The summed E-state index contributed by atoms with van der Waals surface area (Å²) in [7, 11) is 0. The Kier molecular flexibility index (Phi) is 6.20. The number of carbonyl (C=O) groups excluding carboxylic acids is 2. The van der Waals surface area contributed by atoms with Gasteiger partial charge in [0.1, 0.15) is 5.69 Å². The summed E-state index contributed by atoms with van der Waals surface area (Å²) in [6.07, 6.45) is 4.39. The van der Waals surface area contributed by atoms with Crippen molar-refractivity contribution in [2.45, 2.75) is 12.8 Å². The van der Waals surface area contributed by atoms with Crippen molar-refractivity contribution in [3.8, 4) is 0 Å². The smallest absolute Gasteiger partial charge is 0.270 e. The van der Waals surface area contributed by atoms with Gasteiger partial charge in [0.05, 0.1) is 5.75 Å². The fourth-order valence-corrected chi connectivity index (χ4v) is 4.13. The highest BCUT2D eigenvalue weighted by Gasteiger charge is 2.25. The van der Waals surface area contributed by atoms with Gasteiger partial charge in [-0.1, -0.05) is 0 Å². The van der Waals surface area contributed by atoms with Gasteiger partial charge in [-0.05, 0) is 38.1 Å². The molecule has 0 unspecified atom stereocenters. The van der Waals surface area contributed by atoms with Gasteiger partial charge in [0.15, 0.2) is 0 Å². The van der Waals surface area contributed by atoms with Crippen LogP contribution in [0.1, 0.15) is 23.3 Å². The number of thioether (sulfide) groups is 1. The Morgan fingerprint density at radius 3 is 2.42 bits per heavy atom. The van der Waals surface area contributed by atoms with Crippen LogP contribution in [0.3, 0.4) is 0 Å². The summed E-state index contributed by atoms with van der Waals surface area (Å²) in [5.74, 6) is 1.80. The van der Waals surface area contributed by atoms with Gasteiger partial charge in [0.2, 0.25) is 5.91 Å². The zero-order chi connectivity index (χ0) is 16.8. The number of likely N-dealkylation sites (tertiary alicyclic amines) is 1. The molecule has 6 nitrogen and oxygen atoms in total. The molecule has 0 spiro atoms. The summed E-state index contributed by atoms with van der Waals surface area (Å²) >= 11 is 1.73. The maximum Gasteiger partial charge on any atom is 0.270 e. The molecule has 132 valence electrons. The minimum Gasteiger partial charge on any atom is -0.357 e. The molecule has 2 saturated heterocycles. The summed E-state index contributed by atoms with van der Waals surface area (Å²) in [5, 5.41) is 0. The van der Waals surface area contributed by atoms with Crippen LogP contribution < -0.4 is 0 Å². The van der Waals surface area contributed by atoms with Crippen LogP contribution in [0.25, 0.3) is 0 Å². The largest absolute Gasteiger partial charge is 0.357 e. The molecule has 2 aliphatic rings. The number of carbonyl (C=O) groups is 2. The first-order valence-corrected chi connectivity index (χ1v) is 9.90. The van der Waals surface area contributed by atoms with E-state index >= 15 is 0 Å². The van der Waals surface area contributed by atoms with E-state index in [2.05, 4.69) is 9.88 Å². The summed E-state index contributed by atoms with van der Waals surface area (Å²) in [6, 6.07) is 3.61. The van der Waals surface area contributed by atoms with Gasteiger partial charge >= 0.3 is 0 Å². The fraction of sp³-hybridized carbons (Fsp3) is 0.647. The Bertz CT molecular complexity index is 535. The van der Waals surface area contributed by atoms with E-state index in [4.69, 9.17) is 0 Å². The van der Waals surface area contributed by atoms with E-state index in [-0.39, 0.29) is 11.8 Å². The van der Waals surface area contributed by atoms with Gasteiger partial charge in [-0.2, -0.15) is 11.8 Å². The molecular formula is C17H26N4O2S. The first-order chi connectivity index (χ1) is 11.7. The molecule has 3 rings (SSSR count). The van der Waals surface area contributed by atoms with E-state index in [1.165, 1.54) is 25.9 Å². The predicted octanol–water partition coefficient (Wildman–Crippen LogP) is 1.13. The van der Waals surface area contributed by atoms with E-state index in [0.717, 1.165) is 12.3 Å². The molecule has 3 heterocycles. The molecule has 7 heteroatoms. The standard InChI is InChI=1S/C17H26N4O2S/c22-16(14-24-13-12-19-6-1-2-7-19)20-8-10-21(11-9-20)17(23)15-4-3-5-18-15/h3-5,18H,1-2,6-14H2. The lowest BCUT2D eigenvalue weighted by Gasteiger charge is -2.34. The second-order valence-corrected chi connectivity index (χ2v) is 7.46. The number of aromatic amines is 1. The lowest BCUT2D eigenvalue weighted by molar-refractivity contribution is -0.129. The maximum atomic E-state index is 12.3. The van der Waals surface area contributed by atoms with E-state index < -0.39 is 0 Å². The lowest BCUT2D eigenvalue weighted by Crippen LogP contribution is -2.51. The molecule has 2 aliphatic heterocycles. The van der Waals surface area contributed by atoms with Crippen LogP contribution in [0.4, 0.5) is 0 Å². The van der Waals surface area contributed by atoms with Gasteiger partial charge in [-0.25, -0.2) is 0 Å². The minimum absolute atomic E-state index is 0.0205. The van der Waals surface area contributed by atoms with Crippen LogP contribution in [0.5, 0.6) is 0 Å². The number of rotatable bonds is 6. The quantitative estimate of drug-likeness (QED) is 0.782. The third-order valence-corrected chi connectivity index (χ3v) is 5.65. The Balaban J connectivity index is 1.33. The van der Waals surface area contributed by atoms with E-state index in [1.807, 2.05) is 15.9 Å². The maximum absolute atomic E-state index is 12.3. The summed E-state index contributed by atoms with van der Waals surface area (Å²) in [4.78, 5) is 33.7. The first-order valence-electron chi connectivity index (χ1n) is 8.74. The highest BCUT2D eigenvalue weighted by Crippen LogP contribution is 2.12. The third-order valence-electron chi connectivity index (χ3n) is 4.72. The third kappa shape index (κ3) is 4.54. The second kappa shape index (κ2) is 8.58. The molecule has 0 aliphatic carbocycles. The van der Waals surface area contributed by atoms with Gasteiger partial charge in [0, 0.05) is 44.7 Å². The van der Waals surface area contributed by atoms with Crippen LogP contribution in [0, 0.1) is 0 Å². The molecular weight excluding hydrogens is 324 g/mol. The van der Waals surface area contributed by atoms with Gasteiger partial charge < -0.3 is 19.7 Å². The van der Waals surface area contributed by atoms with Crippen molar-refractivity contribution in [1.29, 1.82) is 0 Å². The number of nitrogens with zero attached hydrogens (tertiary/aromatic N) is 3. The molecule has 0 aromatic carbocycles. The Labute approximate surface area is 147 Å². The normalized spacial score (nSPS) is 19.0. The van der Waals surface area contributed by atoms with Crippen molar-refractivity contribution in [1.82, 2.24) is 19.7 Å². The molecule has 1 aromatic heterocycles. The minimum atomic E-state index is 0.0205. The zero-order valence-corrected chi connectivity index (χ0v) is 14.9. The number of amides is 2. The van der Waals surface area contributed by atoms with Crippen molar-refractivity contribution in [2.75, 3.05) is 57.3 Å².